The van der Waals surface area contributed by atoms with Crippen molar-refractivity contribution in [1.29, 1.82) is 0 Å². The quantitative estimate of drug-likeness (QED) is 0.639. The first kappa shape index (κ1) is 14.6. The number of aliphatic hydroxyl groups is 1. The van der Waals surface area contributed by atoms with Gasteiger partial charge in [-0.05, 0) is 32.4 Å². The van der Waals surface area contributed by atoms with Crippen molar-refractivity contribution in [2.75, 3.05) is 19.6 Å². The molecule has 5 nitrogen and oxygen atoms in total. The van der Waals surface area contributed by atoms with Gasteiger partial charge in [-0.25, -0.2) is 4.79 Å². The van der Waals surface area contributed by atoms with Crippen LogP contribution in [0.4, 0.5) is 4.79 Å². The van der Waals surface area contributed by atoms with Gasteiger partial charge in [0.15, 0.2) is 6.23 Å². The highest BCUT2D eigenvalue weighted by atomic mass is 16.3. The van der Waals surface area contributed by atoms with Gasteiger partial charge in [0.2, 0.25) is 0 Å². The number of carbonyl (C=O) groups excluding carboxylic acids is 1. The molecule has 3 N–H and O–H groups in total. The highest BCUT2D eigenvalue weighted by molar-refractivity contribution is 5.78. The molecule has 5 heteroatoms. The Hall–Kier alpha value is -0.810. The lowest BCUT2D eigenvalue weighted by molar-refractivity contribution is -0.0105. The van der Waals surface area contributed by atoms with Crippen molar-refractivity contribution in [2.45, 2.75) is 63.6 Å². The molecule has 2 rings (SSSR count). The average Bonchev–Trinajstić information content (AvgIpc) is 2.63. The number of aliphatic hydroxyl groups excluding tert-OH is 1. The molecule has 0 saturated carbocycles. The summed E-state index contributed by atoms with van der Waals surface area (Å²) in [5.74, 6) is 0. The molecule has 1 atom stereocenters. The third kappa shape index (κ3) is 3.20. The topological polar surface area (TPSA) is 64.6 Å². The van der Waals surface area contributed by atoms with Gasteiger partial charge in [0.1, 0.15) is 0 Å². The number of carbonyl (C=O) groups is 1. The van der Waals surface area contributed by atoms with E-state index in [0.717, 1.165) is 38.8 Å². The largest absolute Gasteiger partial charge is 0.371 e. The highest BCUT2D eigenvalue weighted by Crippen LogP contribution is 2.30. The van der Waals surface area contributed by atoms with E-state index in [2.05, 4.69) is 17.6 Å². The summed E-state index contributed by atoms with van der Waals surface area (Å²) in [5, 5.41) is 16.7. The van der Waals surface area contributed by atoms with E-state index in [9.17, 15) is 9.90 Å². The molecule has 1 spiro atoms. The summed E-state index contributed by atoms with van der Waals surface area (Å²) in [6, 6.07) is -0.0927. The van der Waals surface area contributed by atoms with Crippen LogP contribution in [-0.2, 0) is 0 Å². The van der Waals surface area contributed by atoms with Gasteiger partial charge in [0, 0.05) is 6.54 Å². The second kappa shape index (κ2) is 6.57. The molecule has 1 unspecified atom stereocenters. The number of unbranched alkanes of at least 4 members (excludes halogenated alkanes) is 4. The number of hydrogen-bond acceptors (Lipinski definition) is 3. The van der Waals surface area contributed by atoms with Crippen LogP contribution in [0.25, 0.3) is 0 Å². The Balaban J connectivity index is 1.82. The van der Waals surface area contributed by atoms with Crippen LogP contribution in [0, 0.1) is 0 Å². The summed E-state index contributed by atoms with van der Waals surface area (Å²) < 4.78 is 0. The maximum Gasteiger partial charge on any atom is 0.320 e. The van der Waals surface area contributed by atoms with Crippen LogP contribution in [0.1, 0.15) is 51.9 Å². The third-order valence-corrected chi connectivity index (χ3v) is 4.40. The lowest BCUT2D eigenvalue weighted by Gasteiger charge is -2.36. The molecule has 2 aliphatic heterocycles. The standard InChI is InChI=1S/C14H27N3O2/c1-2-3-4-5-6-11-17-12(18)14(16-13(17)19)7-9-15-10-8-14/h12,15,18H,2-11H2,1H3,(H,16,19). The van der Waals surface area contributed by atoms with Gasteiger partial charge in [-0.15, -0.1) is 0 Å². The predicted octanol–water partition coefficient (Wildman–Crippen LogP) is 1.42. The second-order valence-electron chi connectivity index (χ2n) is 5.82. The Labute approximate surface area is 115 Å². The van der Waals surface area contributed by atoms with E-state index in [4.69, 9.17) is 0 Å². The fourth-order valence-electron chi connectivity index (χ4n) is 3.12. The lowest BCUT2D eigenvalue weighted by Crippen LogP contribution is -2.56. The molecular formula is C14H27N3O2. The highest BCUT2D eigenvalue weighted by Gasteiger charge is 2.50. The van der Waals surface area contributed by atoms with Crippen molar-refractivity contribution >= 4 is 6.03 Å². The first-order chi connectivity index (χ1) is 9.19. The third-order valence-electron chi connectivity index (χ3n) is 4.40. The van der Waals surface area contributed by atoms with E-state index in [1.165, 1.54) is 19.3 Å². The van der Waals surface area contributed by atoms with Crippen molar-refractivity contribution in [2.24, 2.45) is 0 Å². The average molecular weight is 269 g/mol. The van der Waals surface area contributed by atoms with Gasteiger partial charge < -0.3 is 15.7 Å². The van der Waals surface area contributed by atoms with Gasteiger partial charge in [0.25, 0.3) is 0 Å². The molecule has 0 aromatic rings. The van der Waals surface area contributed by atoms with E-state index in [-0.39, 0.29) is 6.03 Å². The van der Waals surface area contributed by atoms with Gasteiger partial charge >= 0.3 is 6.03 Å². The molecule has 0 aromatic heterocycles. The first-order valence-corrected chi connectivity index (χ1v) is 7.67. The van der Waals surface area contributed by atoms with E-state index in [1.54, 1.807) is 4.90 Å². The van der Waals surface area contributed by atoms with Gasteiger partial charge in [-0.1, -0.05) is 32.6 Å². The van der Waals surface area contributed by atoms with E-state index in [1.807, 2.05) is 0 Å². The van der Waals surface area contributed by atoms with Crippen molar-refractivity contribution in [3.63, 3.8) is 0 Å². The van der Waals surface area contributed by atoms with Crippen molar-refractivity contribution < 1.29 is 9.90 Å². The fraction of sp³-hybridized carbons (Fsp3) is 0.929. The van der Waals surface area contributed by atoms with E-state index >= 15 is 0 Å². The van der Waals surface area contributed by atoms with Crippen molar-refractivity contribution in [3.8, 4) is 0 Å². The minimum absolute atomic E-state index is 0.0927. The minimum atomic E-state index is -0.659. The SMILES string of the molecule is CCCCCCCN1C(=O)NC2(CCNCC2)C1O. The molecule has 2 amide bonds. The van der Waals surface area contributed by atoms with Crippen molar-refractivity contribution in [3.05, 3.63) is 0 Å². The normalized spacial score (nSPS) is 25.9. The maximum absolute atomic E-state index is 12.0. The van der Waals surface area contributed by atoms with Gasteiger partial charge in [0.05, 0.1) is 5.54 Å². The molecule has 0 radical (unpaired) electrons. The summed E-state index contributed by atoms with van der Waals surface area (Å²) in [4.78, 5) is 13.6. The number of rotatable bonds is 6. The molecule has 110 valence electrons. The fourth-order valence-corrected chi connectivity index (χ4v) is 3.12. The first-order valence-electron chi connectivity index (χ1n) is 7.67. The van der Waals surface area contributed by atoms with Crippen LogP contribution in [-0.4, -0.2) is 47.4 Å². The van der Waals surface area contributed by atoms with E-state index < -0.39 is 11.8 Å². The lowest BCUT2D eigenvalue weighted by atomic mass is 9.87. The molecule has 2 heterocycles. The Morgan fingerprint density at radius 2 is 1.95 bits per heavy atom. The van der Waals surface area contributed by atoms with Crippen LogP contribution in [0.3, 0.4) is 0 Å². The van der Waals surface area contributed by atoms with Crippen LogP contribution >= 0.6 is 0 Å². The zero-order valence-corrected chi connectivity index (χ0v) is 12.0. The van der Waals surface area contributed by atoms with Gasteiger partial charge in [-0.3, -0.25) is 4.90 Å². The molecule has 2 saturated heterocycles. The molecular weight excluding hydrogens is 242 g/mol. The Morgan fingerprint density at radius 1 is 1.26 bits per heavy atom. The molecule has 2 fully saturated rings. The Morgan fingerprint density at radius 3 is 2.63 bits per heavy atom. The predicted molar refractivity (Wildman–Crippen MR) is 74.8 cm³/mol. The van der Waals surface area contributed by atoms with Crippen LogP contribution in [0.5, 0.6) is 0 Å². The summed E-state index contributed by atoms with van der Waals surface area (Å²) >= 11 is 0. The monoisotopic (exact) mass is 269 g/mol. The summed E-state index contributed by atoms with van der Waals surface area (Å²) in [5.41, 5.74) is -0.411. The number of nitrogens with one attached hydrogen (secondary N) is 2. The number of urea groups is 1. The molecule has 0 aliphatic carbocycles. The van der Waals surface area contributed by atoms with Crippen molar-refractivity contribution in [1.82, 2.24) is 15.5 Å². The Bertz CT molecular complexity index is 303. The zero-order valence-electron chi connectivity index (χ0n) is 12.0. The number of piperidine rings is 1. The van der Waals surface area contributed by atoms with E-state index in [0.29, 0.717) is 6.54 Å². The minimum Gasteiger partial charge on any atom is -0.371 e. The summed E-state index contributed by atoms with van der Waals surface area (Å²) in [6.07, 6.45) is 6.79. The summed E-state index contributed by atoms with van der Waals surface area (Å²) in [7, 11) is 0. The maximum atomic E-state index is 12.0. The smallest absolute Gasteiger partial charge is 0.320 e. The molecule has 0 bridgehead atoms. The second-order valence-corrected chi connectivity index (χ2v) is 5.82. The Kier molecular flexibility index (Phi) is 5.05. The van der Waals surface area contributed by atoms with Crippen LogP contribution < -0.4 is 10.6 Å². The molecule has 19 heavy (non-hydrogen) atoms. The number of amides is 2. The van der Waals surface area contributed by atoms with Crippen LogP contribution in [0.2, 0.25) is 0 Å². The number of hydrogen-bond donors (Lipinski definition) is 3. The molecule has 0 aromatic carbocycles. The van der Waals surface area contributed by atoms with Gasteiger partial charge in [-0.2, -0.15) is 0 Å². The van der Waals surface area contributed by atoms with Crippen LogP contribution in [0.15, 0.2) is 0 Å². The number of nitrogens with zero attached hydrogens (tertiary/aromatic N) is 1. The molecule has 2 aliphatic rings. The summed E-state index contributed by atoms with van der Waals surface area (Å²) in [6.45, 7) is 4.59. The zero-order chi connectivity index (χ0) is 13.7.